The van der Waals surface area contributed by atoms with Crippen molar-refractivity contribution in [3.63, 3.8) is 0 Å². The predicted molar refractivity (Wildman–Crippen MR) is 113 cm³/mol. The Morgan fingerprint density at radius 1 is 1.07 bits per heavy atom. The van der Waals surface area contributed by atoms with Gasteiger partial charge in [0.05, 0.1) is 12.1 Å². The number of amides is 3. The largest absolute Gasteiger partial charge is 0.322 e. The molecule has 1 atom stereocenters. The van der Waals surface area contributed by atoms with Gasteiger partial charge in [0.1, 0.15) is 6.04 Å². The van der Waals surface area contributed by atoms with Gasteiger partial charge in [-0.05, 0) is 42.8 Å². The summed E-state index contributed by atoms with van der Waals surface area (Å²) in [5.41, 5.74) is 2.73. The van der Waals surface area contributed by atoms with Crippen molar-refractivity contribution in [3.8, 4) is 0 Å². The highest BCUT2D eigenvalue weighted by molar-refractivity contribution is 6.23. The van der Waals surface area contributed by atoms with Crippen LogP contribution in [-0.2, 0) is 16.1 Å². The van der Waals surface area contributed by atoms with Crippen LogP contribution in [0.5, 0.6) is 0 Å². The van der Waals surface area contributed by atoms with E-state index in [2.05, 4.69) is 4.98 Å². The molecule has 1 aliphatic heterocycles. The Morgan fingerprint density at radius 3 is 2.57 bits per heavy atom. The zero-order chi connectivity index (χ0) is 21.1. The Labute approximate surface area is 174 Å². The molecule has 1 saturated heterocycles. The summed E-state index contributed by atoms with van der Waals surface area (Å²) in [5.74, 6) is -0.996. The number of hydrogen-bond donors (Lipinski definition) is 0. The second-order valence-corrected chi connectivity index (χ2v) is 7.29. The van der Waals surface area contributed by atoms with Crippen molar-refractivity contribution in [1.82, 2.24) is 9.88 Å². The number of imide groups is 1. The SMILES string of the molecule is Cc1cccc(C(=O)N(Cc2cccnc2)C2CC(=O)N(c3ccccc3)C2=O)c1. The number of aryl methyl sites for hydroxylation is 1. The van der Waals surface area contributed by atoms with E-state index in [1.165, 1.54) is 9.80 Å². The van der Waals surface area contributed by atoms with E-state index >= 15 is 0 Å². The lowest BCUT2D eigenvalue weighted by Crippen LogP contribution is -2.45. The normalized spacial score (nSPS) is 16.0. The fourth-order valence-electron chi connectivity index (χ4n) is 3.66. The Morgan fingerprint density at radius 2 is 1.87 bits per heavy atom. The van der Waals surface area contributed by atoms with Crippen LogP contribution in [0.4, 0.5) is 5.69 Å². The fourth-order valence-corrected chi connectivity index (χ4v) is 3.66. The molecule has 3 aromatic rings. The molecule has 0 bridgehead atoms. The molecule has 1 aliphatic rings. The number of aromatic nitrogens is 1. The summed E-state index contributed by atoms with van der Waals surface area (Å²) in [5, 5.41) is 0. The Bertz CT molecular complexity index is 1080. The Hall–Kier alpha value is -3.80. The van der Waals surface area contributed by atoms with Crippen molar-refractivity contribution in [2.75, 3.05) is 4.90 Å². The lowest BCUT2D eigenvalue weighted by Gasteiger charge is -2.28. The van der Waals surface area contributed by atoms with E-state index in [1.54, 1.807) is 54.9 Å². The van der Waals surface area contributed by atoms with Crippen molar-refractivity contribution in [2.24, 2.45) is 0 Å². The van der Waals surface area contributed by atoms with E-state index in [9.17, 15) is 14.4 Å². The smallest absolute Gasteiger partial charge is 0.257 e. The first kappa shape index (κ1) is 19.5. The van der Waals surface area contributed by atoms with Gasteiger partial charge in [-0.3, -0.25) is 19.4 Å². The van der Waals surface area contributed by atoms with Gasteiger partial charge in [0.2, 0.25) is 5.91 Å². The van der Waals surface area contributed by atoms with Crippen LogP contribution in [0.3, 0.4) is 0 Å². The summed E-state index contributed by atoms with van der Waals surface area (Å²) in [7, 11) is 0. The third-order valence-electron chi connectivity index (χ3n) is 5.12. The van der Waals surface area contributed by atoms with E-state index in [-0.39, 0.29) is 24.8 Å². The quantitative estimate of drug-likeness (QED) is 0.617. The molecule has 1 fully saturated rings. The first-order chi connectivity index (χ1) is 14.5. The van der Waals surface area contributed by atoms with Gasteiger partial charge in [0.25, 0.3) is 11.8 Å². The summed E-state index contributed by atoms with van der Waals surface area (Å²) in [6.07, 6.45) is 3.26. The number of rotatable bonds is 5. The zero-order valence-corrected chi connectivity index (χ0v) is 16.6. The molecule has 2 aromatic carbocycles. The summed E-state index contributed by atoms with van der Waals surface area (Å²) in [6, 6.07) is 18.8. The van der Waals surface area contributed by atoms with E-state index in [0.717, 1.165) is 11.1 Å². The van der Waals surface area contributed by atoms with E-state index in [0.29, 0.717) is 11.3 Å². The van der Waals surface area contributed by atoms with Gasteiger partial charge < -0.3 is 4.90 Å². The number of benzene rings is 2. The van der Waals surface area contributed by atoms with Gasteiger partial charge in [0.15, 0.2) is 0 Å². The molecular formula is C24H21N3O3. The fraction of sp³-hybridized carbons (Fsp3) is 0.167. The average Bonchev–Trinajstić information content (AvgIpc) is 3.06. The van der Waals surface area contributed by atoms with Crippen LogP contribution >= 0.6 is 0 Å². The van der Waals surface area contributed by atoms with Crippen LogP contribution in [0.2, 0.25) is 0 Å². The van der Waals surface area contributed by atoms with Crippen LogP contribution in [0.25, 0.3) is 0 Å². The number of para-hydroxylation sites is 1. The number of carbonyl (C=O) groups excluding carboxylic acids is 3. The molecule has 6 heteroatoms. The van der Waals surface area contributed by atoms with Crippen LogP contribution in [0.1, 0.15) is 27.9 Å². The highest BCUT2D eigenvalue weighted by Gasteiger charge is 2.44. The van der Waals surface area contributed by atoms with Crippen LogP contribution in [-0.4, -0.2) is 33.6 Å². The zero-order valence-electron chi connectivity index (χ0n) is 16.6. The third kappa shape index (κ3) is 3.85. The summed E-state index contributed by atoms with van der Waals surface area (Å²) < 4.78 is 0. The van der Waals surface area contributed by atoms with E-state index in [4.69, 9.17) is 0 Å². The first-order valence-electron chi connectivity index (χ1n) is 9.73. The maximum atomic E-state index is 13.4. The molecule has 1 unspecified atom stereocenters. The molecule has 0 saturated carbocycles. The third-order valence-corrected chi connectivity index (χ3v) is 5.12. The maximum Gasteiger partial charge on any atom is 0.257 e. The van der Waals surface area contributed by atoms with Crippen molar-refractivity contribution in [2.45, 2.75) is 25.9 Å². The number of nitrogens with zero attached hydrogens (tertiary/aromatic N) is 3. The molecule has 0 N–H and O–H groups in total. The second-order valence-electron chi connectivity index (χ2n) is 7.29. The molecule has 0 aliphatic carbocycles. The van der Waals surface area contributed by atoms with Gasteiger partial charge in [-0.25, -0.2) is 4.90 Å². The maximum absolute atomic E-state index is 13.4. The van der Waals surface area contributed by atoms with Crippen LogP contribution in [0.15, 0.2) is 79.1 Å². The second kappa shape index (κ2) is 8.29. The standard InChI is InChI=1S/C24H21N3O3/c1-17-7-5-9-19(13-17)23(29)26(16-18-8-6-12-25-15-18)21-14-22(28)27(24(21)30)20-10-3-2-4-11-20/h2-13,15,21H,14,16H2,1H3. The Balaban J connectivity index is 1.69. The Kier molecular flexibility index (Phi) is 5.39. The minimum absolute atomic E-state index is 0.0501. The molecular weight excluding hydrogens is 378 g/mol. The number of anilines is 1. The van der Waals surface area contributed by atoms with Gasteiger partial charge >= 0.3 is 0 Å². The van der Waals surface area contributed by atoms with Crippen molar-refractivity contribution >= 4 is 23.4 Å². The summed E-state index contributed by atoms with van der Waals surface area (Å²) in [4.78, 5) is 46.1. The topological polar surface area (TPSA) is 70.6 Å². The number of carbonyl (C=O) groups is 3. The molecule has 6 nitrogen and oxygen atoms in total. The molecule has 150 valence electrons. The molecule has 30 heavy (non-hydrogen) atoms. The van der Waals surface area contributed by atoms with Gasteiger partial charge in [-0.1, -0.05) is 42.0 Å². The lowest BCUT2D eigenvalue weighted by molar-refractivity contribution is -0.122. The molecule has 0 radical (unpaired) electrons. The molecule has 3 amide bonds. The molecule has 4 rings (SSSR count). The van der Waals surface area contributed by atoms with Crippen molar-refractivity contribution < 1.29 is 14.4 Å². The van der Waals surface area contributed by atoms with Crippen molar-refractivity contribution in [1.29, 1.82) is 0 Å². The molecule has 2 heterocycles. The number of hydrogen-bond acceptors (Lipinski definition) is 4. The average molecular weight is 399 g/mol. The monoisotopic (exact) mass is 399 g/mol. The van der Waals surface area contributed by atoms with Gasteiger partial charge in [0, 0.05) is 24.5 Å². The minimum Gasteiger partial charge on any atom is -0.322 e. The molecule has 0 spiro atoms. The van der Waals surface area contributed by atoms with Gasteiger partial charge in [-0.2, -0.15) is 0 Å². The first-order valence-corrected chi connectivity index (χ1v) is 9.73. The number of pyridine rings is 1. The highest BCUT2D eigenvalue weighted by atomic mass is 16.2. The molecule has 1 aromatic heterocycles. The summed E-state index contributed by atoms with van der Waals surface area (Å²) >= 11 is 0. The van der Waals surface area contributed by atoms with Crippen molar-refractivity contribution in [3.05, 3.63) is 95.8 Å². The highest BCUT2D eigenvalue weighted by Crippen LogP contribution is 2.27. The van der Waals surface area contributed by atoms with Crippen LogP contribution < -0.4 is 4.90 Å². The van der Waals surface area contributed by atoms with E-state index in [1.807, 2.05) is 31.2 Å². The lowest BCUT2D eigenvalue weighted by atomic mass is 10.1. The van der Waals surface area contributed by atoms with Crippen LogP contribution in [0, 0.1) is 6.92 Å². The minimum atomic E-state index is -0.870. The predicted octanol–water partition coefficient (Wildman–Crippen LogP) is 3.36. The summed E-state index contributed by atoms with van der Waals surface area (Å²) in [6.45, 7) is 2.09. The van der Waals surface area contributed by atoms with Gasteiger partial charge in [-0.15, -0.1) is 0 Å². The van der Waals surface area contributed by atoms with E-state index < -0.39 is 11.9 Å².